The molecule has 4 heterocycles. The van der Waals surface area contributed by atoms with Crippen LogP contribution < -0.4 is 10.6 Å². The number of benzene rings is 1. The summed E-state index contributed by atoms with van der Waals surface area (Å²) in [6.07, 6.45) is 6.45. The van der Waals surface area contributed by atoms with Crippen LogP contribution in [0.1, 0.15) is 32.1 Å². The summed E-state index contributed by atoms with van der Waals surface area (Å²) in [5.41, 5.74) is 2.69. The Labute approximate surface area is 192 Å². The van der Waals surface area contributed by atoms with Crippen molar-refractivity contribution in [3.8, 4) is 11.8 Å². The smallest absolute Gasteiger partial charge is 0.276 e. The molecule has 4 aromatic heterocycles. The van der Waals surface area contributed by atoms with Crippen LogP contribution in [-0.2, 0) is 0 Å². The summed E-state index contributed by atoms with van der Waals surface area (Å²) in [6, 6.07) is 13.7. The van der Waals surface area contributed by atoms with Gasteiger partial charge < -0.3 is 9.97 Å². The third-order valence-electron chi connectivity index (χ3n) is 4.70. The predicted octanol–water partition coefficient (Wildman–Crippen LogP) is 2.98. The SMILES string of the molecule is O=C(Nc1nc2c(C(=O)Nc3ncc[nH]3)cccc2[nH]1)c1cccc(C#Cc2cccnc2)n1. The van der Waals surface area contributed by atoms with Crippen LogP contribution in [0.2, 0.25) is 0 Å². The molecule has 4 N–H and O–H groups in total. The normalized spacial score (nSPS) is 10.4. The molecule has 0 aliphatic heterocycles. The van der Waals surface area contributed by atoms with E-state index in [1.54, 1.807) is 61.1 Å². The lowest BCUT2D eigenvalue weighted by molar-refractivity contribution is 0.101. The van der Waals surface area contributed by atoms with Crippen LogP contribution in [0.25, 0.3) is 11.0 Å². The fraction of sp³-hybridized carbons (Fsp3) is 0. The minimum atomic E-state index is -0.467. The number of aromatic nitrogens is 6. The van der Waals surface area contributed by atoms with Crippen LogP contribution in [0, 0.1) is 11.8 Å². The van der Waals surface area contributed by atoms with Gasteiger partial charge in [-0.15, -0.1) is 0 Å². The van der Waals surface area contributed by atoms with Crippen molar-refractivity contribution in [3.05, 3.63) is 95.8 Å². The summed E-state index contributed by atoms with van der Waals surface area (Å²) in [6.45, 7) is 0. The Morgan fingerprint density at radius 3 is 2.56 bits per heavy atom. The van der Waals surface area contributed by atoms with Gasteiger partial charge in [0.05, 0.1) is 11.1 Å². The number of para-hydroxylation sites is 1. The van der Waals surface area contributed by atoms with Crippen LogP contribution in [-0.4, -0.2) is 41.7 Å². The second kappa shape index (κ2) is 9.05. The zero-order valence-electron chi connectivity index (χ0n) is 17.5. The quantitative estimate of drug-likeness (QED) is 0.312. The first-order valence-electron chi connectivity index (χ1n) is 10.2. The Kier molecular flexibility index (Phi) is 5.48. The van der Waals surface area contributed by atoms with Crippen molar-refractivity contribution in [2.24, 2.45) is 0 Å². The minimum absolute atomic E-state index is 0.175. The first kappa shape index (κ1) is 20.6. The Balaban J connectivity index is 1.35. The first-order chi connectivity index (χ1) is 16.7. The molecular formula is C24H16N8O2. The summed E-state index contributed by atoms with van der Waals surface area (Å²) in [5.74, 6) is 5.54. The second-order valence-electron chi connectivity index (χ2n) is 7.03. The van der Waals surface area contributed by atoms with Crippen molar-refractivity contribution in [2.75, 3.05) is 10.6 Å². The van der Waals surface area contributed by atoms with Gasteiger partial charge in [0.25, 0.3) is 11.8 Å². The molecule has 0 fully saturated rings. The van der Waals surface area contributed by atoms with Crippen molar-refractivity contribution >= 4 is 34.7 Å². The largest absolute Gasteiger partial charge is 0.331 e. The molecule has 164 valence electrons. The third-order valence-corrected chi connectivity index (χ3v) is 4.70. The highest BCUT2D eigenvalue weighted by molar-refractivity contribution is 6.11. The van der Waals surface area contributed by atoms with Crippen molar-refractivity contribution in [1.82, 2.24) is 29.9 Å². The van der Waals surface area contributed by atoms with E-state index in [9.17, 15) is 9.59 Å². The van der Waals surface area contributed by atoms with Crippen LogP contribution in [0.5, 0.6) is 0 Å². The Morgan fingerprint density at radius 2 is 1.74 bits per heavy atom. The van der Waals surface area contributed by atoms with Crippen molar-refractivity contribution in [3.63, 3.8) is 0 Å². The number of aromatic amines is 2. The molecule has 10 heteroatoms. The van der Waals surface area contributed by atoms with Gasteiger partial charge >= 0.3 is 0 Å². The number of fused-ring (bicyclic) bond motifs is 1. The molecule has 0 bridgehead atoms. The summed E-state index contributed by atoms with van der Waals surface area (Å²) >= 11 is 0. The van der Waals surface area contributed by atoms with E-state index in [0.29, 0.717) is 28.2 Å². The van der Waals surface area contributed by atoms with Crippen LogP contribution >= 0.6 is 0 Å². The lowest BCUT2D eigenvalue weighted by Crippen LogP contribution is -2.15. The van der Waals surface area contributed by atoms with Gasteiger partial charge in [0.1, 0.15) is 16.9 Å². The maximum Gasteiger partial charge on any atom is 0.276 e. The number of nitrogens with zero attached hydrogens (tertiary/aromatic N) is 4. The van der Waals surface area contributed by atoms with Gasteiger partial charge in [-0.3, -0.25) is 25.2 Å². The Bertz CT molecular complexity index is 1550. The lowest BCUT2D eigenvalue weighted by Gasteiger charge is -2.02. The van der Waals surface area contributed by atoms with Crippen molar-refractivity contribution in [1.29, 1.82) is 0 Å². The summed E-state index contributed by atoms with van der Waals surface area (Å²) < 4.78 is 0. The number of H-pyrrole nitrogens is 2. The Morgan fingerprint density at radius 1 is 0.853 bits per heavy atom. The number of imidazole rings is 2. The molecule has 0 saturated carbocycles. The van der Waals surface area contributed by atoms with Crippen LogP contribution in [0.15, 0.2) is 73.3 Å². The van der Waals surface area contributed by atoms with E-state index < -0.39 is 5.91 Å². The molecule has 5 aromatic rings. The number of anilines is 2. The summed E-state index contributed by atoms with van der Waals surface area (Å²) in [7, 11) is 0. The maximum absolute atomic E-state index is 12.8. The molecule has 0 aliphatic rings. The van der Waals surface area contributed by atoms with Gasteiger partial charge in [-0.2, -0.15) is 0 Å². The minimum Gasteiger partial charge on any atom is -0.331 e. The standard InChI is InChI=1S/C24H16N8O2/c33-21(31-23-26-12-13-27-23)17-6-2-7-18-20(17)30-24(29-18)32-22(34)19-8-1-5-16(28-19)10-9-15-4-3-11-25-14-15/h1-8,11-14H,(H2,26,27,31,33)(H2,29,30,32,34). The summed E-state index contributed by atoms with van der Waals surface area (Å²) in [5, 5.41) is 5.35. The maximum atomic E-state index is 12.8. The van der Waals surface area contributed by atoms with Gasteiger partial charge in [0.2, 0.25) is 11.9 Å². The molecule has 1 aromatic carbocycles. The van der Waals surface area contributed by atoms with Gasteiger partial charge in [-0.05, 0) is 42.3 Å². The van der Waals surface area contributed by atoms with Gasteiger partial charge in [-0.1, -0.05) is 18.1 Å². The number of carbonyl (C=O) groups excluding carboxylic acids is 2. The van der Waals surface area contributed by atoms with E-state index in [-0.39, 0.29) is 17.5 Å². The van der Waals surface area contributed by atoms with E-state index in [1.165, 1.54) is 6.20 Å². The number of nitrogens with one attached hydrogen (secondary N) is 4. The number of carbonyl (C=O) groups is 2. The van der Waals surface area contributed by atoms with E-state index in [2.05, 4.69) is 52.4 Å². The zero-order valence-corrected chi connectivity index (χ0v) is 17.5. The first-order valence-corrected chi connectivity index (χ1v) is 10.2. The van der Waals surface area contributed by atoms with E-state index in [4.69, 9.17) is 0 Å². The second-order valence-corrected chi connectivity index (χ2v) is 7.03. The predicted molar refractivity (Wildman–Crippen MR) is 125 cm³/mol. The van der Waals surface area contributed by atoms with E-state index in [0.717, 1.165) is 5.56 Å². The molecule has 0 saturated heterocycles. The highest BCUT2D eigenvalue weighted by atomic mass is 16.2. The number of pyridine rings is 2. The molecule has 2 amide bonds. The highest BCUT2D eigenvalue weighted by Crippen LogP contribution is 2.20. The Hall–Kier alpha value is -5.30. The molecule has 0 aliphatic carbocycles. The monoisotopic (exact) mass is 448 g/mol. The average molecular weight is 448 g/mol. The van der Waals surface area contributed by atoms with Crippen molar-refractivity contribution in [2.45, 2.75) is 0 Å². The molecule has 0 spiro atoms. The lowest BCUT2D eigenvalue weighted by atomic mass is 10.2. The molecule has 34 heavy (non-hydrogen) atoms. The van der Waals surface area contributed by atoms with Crippen LogP contribution in [0.4, 0.5) is 11.9 Å². The molecule has 5 rings (SSSR count). The fourth-order valence-electron chi connectivity index (χ4n) is 3.16. The summed E-state index contributed by atoms with van der Waals surface area (Å²) in [4.78, 5) is 47.9. The molecule has 0 atom stereocenters. The van der Waals surface area contributed by atoms with Crippen LogP contribution in [0.3, 0.4) is 0 Å². The highest BCUT2D eigenvalue weighted by Gasteiger charge is 2.16. The average Bonchev–Trinajstić information content (AvgIpc) is 3.52. The molecule has 0 unspecified atom stereocenters. The van der Waals surface area contributed by atoms with Crippen molar-refractivity contribution < 1.29 is 9.59 Å². The number of hydrogen-bond donors (Lipinski definition) is 4. The topological polar surface area (TPSA) is 141 Å². The van der Waals surface area contributed by atoms with Gasteiger partial charge in [0, 0.05) is 30.4 Å². The van der Waals surface area contributed by atoms with E-state index >= 15 is 0 Å². The fourth-order valence-corrected chi connectivity index (χ4v) is 3.16. The van der Waals surface area contributed by atoms with Gasteiger partial charge in [0.15, 0.2) is 0 Å². The molecule has 10 nitrogen and oxygen atoms in total. The number of hydrogen-bond acceptors (Lipinski definition) is 6. The number of amides is 2. The number of rotatable bonds is 4. The molecule has 0 radical (unpaired) electrons. The zero-order chi connectivity index (χ0) is 23.3. The van der Waals surface area contributed by atoms with E-state index in [1.807, 2.05) is 6.07 Å². The molecular weight excluding hydrogens is 432 g/mol. The van der Waals surface area contributed by atoms with Gasteiger partial charge in [-0.25, -0.2) is 15.0 Å². The third kappa shape index (κ3) is 4.49.